The molecule has 0 amide bonds. The fraction of sp³-hybridized carbons (Fsp3) is 0.848. The van der Waals surface area contributed by atoms with E-state index in [4.69, 9.17) is 37.0 Å². The van der Waals surface area contributed by atoms with Crippen molar-refractivity contribution in [3.05, 3.63) is 48.6 Å². The van der Waals surface area contributed by atoms with Crippen molar-refractivity contribution in [1.82, 2.24) is 0 Å². The largest absolute Gasteiger partial charge is 0.472 e. The van der Waals surface area contributed by atoms with E-state index in [0.717, 1.165) is 167 Å². The lowest BCUT2D eigenvalue weighted by atomic mass is 10.0. The van der Waals surface area contributed by atoms with E-state index >= 15 is 0 Å². The van der Waals surface area contributed by atoms with Crippen LogP contribution in [0, 0.1) is 0 Å². The molecule has 0 aromatic carbocycles. The summed E-state index contributed by atoms with van der Waals surface area (Å²) < 4.78 is 68.6. The standard InChI is InChI=1S/C79H146O17P2/c1-5-9-13-17-21-25-29-33-36-40-44-48-52-56-60-64-77(82)90-70-75(96-79(84)66-62-58-54-50-46-42-38-35-31-27-23-19-15-11-7-3)72-94-98(87,88)92-68-73(80)67-91-97(85,86)93-71-74(69-89-76(81)63-59-55-51-47-43-39-32-28-24-20-16-12-8-4)95-78(83)65-61-57-53-49-45-41-37-34-30-26-22-18-14-10-6-2/h21,25-27,30-31,33,36,73-75,80H,5-20,22-24,28-29,32,34-35,37-72H2,1-4H3,(H,85,86)(H,87,88)/b25-21-,30-26-,31-27-,36-33-/t73-,74+,75+/m0/s1. The highest BCUT2D eigenvalue weighted by atomic mass is 31.2. The van der Waals surface area contributed by atoms with Crippen molar-refractivity contribution in [2.24, 2.45) is 0 Å². The third-order valence-corrected chi connectivity index (χ3v) is 19.2. The highest BCUT2D eigenvalue weighted by Crippen LogP contribution is 2.45. The molecule has 0 spiro atoms. The Balaban J connectivity index is 5.33. The van der Waals surface area contributed by atoms with Crippen molar-refractivity contribution in [3.8, 4) is 0 Å². The second kappa shape index (κ2) is 72.4. The zero-order valence-electron chi connectivity index (χ0n) is 62.7. The molecule has 17 nitrogen and oxygen atoms in total. The Morgan fingerprint density at radius 1 is 0.286 bits per heavy atom. The minimum absolute atomic E-state index is 0.0918. The molecule has 0 saturated heterocycles. The Kier molecular flexibility index (Phi) is 70.2. The lowest BCUT2D eigenvalue weighted by Gasteiger charge is -2.21. The number of phosphoric acid groups is 2. The van der Waals surface area contributed by atoms with Gasteiger partial charge in [0.25, 0.3) is 0 Å². The van der Waals surface area contributed by atoms with Crippen molar-refractivity contribution in [3.63, 3.8) is 0 Å². The van der Waals surface area contributed by atoms with Crippen molar-refractivity contribution < 1.29 is 80.2 Å². The fourth-order valence-corrected chi connectivity index (χ4v) is 12.7. The number of carbonyl (C=O) groups is 4. The van der Waals surface area contributed by atoms with Crippen LogP contribution < -0.4 is 0 Å². The molecule has 19 heteroatoms. The summed E-state index contributed by atoms with van der Waals surface area (Å²) in [6.45, 7) is 4.88. The molecule has 2 unspecified atom stereocenters. The molecule has 5 atom stereocenters. The summed E-state index contributed by atoms with van der Waals surface area (Å²) in [5.41, 5.74) is 0. The maximum Gasteiger partial charge on any atom is 0.472 e. The van der Waals surface area contributed by atoms with Gasteiger partial charge in [0.1, 0.15) is 19.3 Å². The van der Waals surface area contributed by atoms with Crippen molar-refractivity contribution in [1.29, 1.82) is 0 Å². The van der Waals surface area contributed by atoms with Gasteiger partial charge < -0.3 is 33.8 Å². The number of unbranched alkanes of at least 4 members (excludes halogenated alkanes) is 42. The molecule has 0 aliphatic rings. The molecule has 0 aromatic rings. The summed E-state index contributed by atoms with van der Waals surface area (Å²) in [7, 11) is -9.94. The molecular weight excluding hydrogens is 1280 g/mol. The van der Waals surface area contributed by atoms with Gasteiger partial charge >= 0.3 is 39.5 Å². The van der Waals surface area contributed by atoms with Crippen LogP contribution >= 0.6 is 15.6 Å². The molecule has 0 aliphatic heterocycles. The van der Waals surface area contributed by atoms with Crippen LogP contribution in [0.1, 0.15) is 374 Å². The Hall–Kier alpha value is -2.98. The van der Waals surface area contributed by atoms with E-state index in [1.165, 1.54) is 128 Å². The molecule has 0 bridgehead atoms. The maximum atomic E-state index is 13.1. The van der Waals surface area contributed by atoms with Crippen LogP contribution in [-0.2, 0) is 65.4 Å². The molecular formula is C79H146O17P2. The molecule has 0 aromatic heterocycles. The number of allylic oxidation sites excluding steroid dienone is 8. The van der Waals surface area contributed by atoms with Crippen LogP contribution in [-0.4, -0.2) is 96.7 Å². The van der Waals surface area contributed by atoms with E-state index in [0.29, 0.717) is 25.7 Å². The zero-order valence-corrected chi connectivity index (χ0v) is 64.5. The van der Waals surface area contributed by atoms with Gasteiger partial charge in [-0.1, -0.05) is 288 Å². The van der Waals surface area contributed by atoms with Gasteiger partial charge in [0.2, 0.25) is 0 Å². The summed E-state index contributed by atoms with van der Waals surface area (Å²) in [6, 6.07) is 0. The van der Waals surface area contributed by atoms with Gasteiger partial charge in [-0.25, -0.2) is 9.13 Å². The SMILES string of the molecule is CCCCC/C=C\C/C=C\CCCCCCCC(=O)OC[C@H](COP(=O)(O)OC[C@@H](O)COP(=O)(O)OC[C@@H](COC(=O)CCCCCCCCCCCCCCC)OC(=O)CCCCCCCCC/C=C\CCCCCC)OC(=O)CCCCCCCCC/C=C\CCCCCC. The highest BCUT2D eigenvalue weighted by molar-refractivity contribution is 7.47. The van der Waals surface area contributed by atoms with Crippen LogP contribution in [0.2, 0.25) is 0 Å². The topological polar surface area (TPSA) is 237 Å². The number of aliphatic hydroxyl groups excluding tert-OH is 1. The first-order chi connectivity index (χ1) is 47.7. The highest BCUT2D eigenvalue weighted by Gasteiger charge is 2.30. The van der Waals surface area contributed by atoms with E-state index in [-0.39, 0.29) is 25.7 Å². The molecule has 98 heavy (non-hydrogen) atoms. The minimum Gasteiger partial charge on any atom is -0.462 e. The predicted octanol–water partition coefficient (Wildman–Crippen LogP) is 22.9. The normalized spacial score (nSPS) is 14.2. The Morgan fingerprint density at radius 3 is 0.796 bits per heavy atom. The molecule has 0 fully saturated rings. The summed E-state index contributed by atoms with van der Waals surface area (Å²) in [5, 5.41) is 10.6. The first-order valence-corrected chi connectivity index (χ1v) is 42.9. The van der Waals surface area contributed by atoms with Gasteiger partial charge in [-0.05, 0) is 109 Å². The molecule has 0 rings (SSSR count). The van der Waals surface area contributed by atoms with Crippen molar-refractivity contribution in [2.75, 3.05) is 39.6 Å². The molecule has 0 heterocycles. The average Bonchev–Trinajstić information content (AvgIpc) is 1.04. The van der Waals surface area contributed by atoms with E-state index in [1.807, 2.05) is 0 Å². The number of rotatable bonds is 76. The molecule has 0 aliphatic carbocycles. The van der Waals surface area contributed by atoms with Crippen molar-refractivity contribution in [2.45, 2.75) is 393 Å². The fourth-order valence-electron chi connectivity index (χ4n) is 11.1. The summed E-state index contributed by atoms with van der Waals surface area (Å²) in [6.07, 6.45) is 69.4. The first-order valence-electron chi connectivity index (χ1n) is 39.9. The summed E-state index contributed by atoms with van der Waals surface area (Å²) >= 11 is 0. The third-order valence-electron chi connectivity index (χ3n) is 17.3. The maximum absolute atomic E-state index is 13.1. The van der Waals surface area contributed by atoms with E-state index in [9.17, 15) is 43.2 Å². The van der Waals surface area contributed by atoms with Crippen molar-refractivity contribution >= 4 is 39.5 Å². The zero-order chi connectivity index (χ0) is 71.8. The molecule has 574 valence electrons. The third kappa shape index (κ3) is 71.4. The number of carbonyl (C=O) groups excluding carboxylic acids is 4. The number of aliphatic hydroxyl groups is 1. The lowest BCUT2D eigenvalue weighted by Crippen LogP contribution is -2.30. The smallest absolute Gasteiger partial charge is 0.462 e. The van der Waals surface area contributed by atoms with Crippen LogP contribution in [0.25, 0.3) is 0 Å². The summed E-state index contributed by atoms with van der Waals surface area (Å²) in [4.78, 5) is 72.9. The van der Waals surface area contributed by atoms with Gasteiger partial charge in [-0.2, -0.15) is 0 Å². The number of phosphoric ester groups is 2. The number of hydrogen-bond donors (Lipinski definition) is 3. The number of hydrogen-bond acceptors (Lipinski definition) is 15. The van der Waals surface area contributed by atoms with Gasteiger partial charge in [-0.3, -0.25) is 37.3 Å². The average molecular weight is 1430 g/mol. The number of esters is 4. The first kappa shape index (κ1) is 95.0. The van der Waals surface area contributed by atoms with Gasteiger partial charge in [0.05, 0.1) is 26.4 Å². The molecule has 3 N–H and O–H groups in total. The second-order valence-corrected chi connectivity index (χ2v) is 29.9. The Labute approximate surface area is 597 Å². The lowest BCUT2D eigenvalue weighted by molar-refractivity contribution is -0.161. The Bertz CT molecular complexity index is 2050. The monoisotopic (exact) mass is 1430 g/mol. The van der Waals surface area contributed by atoms with Gasteiger partial charge in [0, 0.05) is 25.7 Å². The molecule has 0 radical (unpaired) electrons. The molecule has 0 saturated carbocycles. The predicted molar refractivity (Wildman–Crippen MR) is 400 cm³/mol. The number of ether oxygens (including phenoxy) is 4. The summed E-state index contributed by atoms with van der Waals surface area (Å²) in [5.74, 6) is -2.16. The minimum atomic E-state index is -4.97. The van der Waals surface area contributed by atoms with Crippen LogP contribution in [0.15, 0.2) is 48.6 Å². The second-order valence-electron chi connectivity index (χ2n) is 27.0. The van der Waals surface area contributed by atoms with Gasteiger partial charge in [0.15, 0.2) is 12.2 Å². The van der Waals surface area contributed by atoms with Gasteiger partial charge in [-0.15, -0.1) is 0 Å². The van der Waals surface area contributed by atoms with Crippen LogP contribution in [0.5, 0.6) is 0 Å². The van der Waals surface area contributed by atoms with E-state index < -0.39 is 97.5 Å². The van der Waals surface area contributed by atoms with Crippen LogP contribution in [0.4, 0.5) is 0 Å². The van der Waals surface area contributed by atoms with E-state index in [2.05, 4.69) is 76.3 Å². The quantitative estimate of drug-likeness (QED) is 0.0169. The Morgan fingerprint density at radius 2 is 0.500 bits per heavy atom. The van der Waals surface area contributed by atoms with Crippen LogP contribution in [0.3, 0.4) is 0 Å². The van der Waals surface area contributed by atoms with E-state index in [1.54, 1.807) is 0 Å².